The molecule has 0 saturated carbocycles. The lowest BCUT2D eigenvalue weighted by molar-refractivity contribution is 0.446. The van der Waals surface area contributed by atoms with Gasteiger partial charge in [-0.15, -0.1) is 0 Å². The number of aromatic amines is 1. The van der Waals surface area contributed by atoms with Crippen LogP contribution in [0.15, 0.2) is 48.9 Å². The van der Waals surface area contributed by atoms with Crippen LogP contribution >= 0.6 is 0 Å². The summed E-state index contributed by atoms with van der Waals surface area (Å²) in [5, 5.41) is 0.766. The van der Waals surface area contributed by atoms with Gasteiger partial charge in [-0.2, -0.15) is 4.98 Å². The van der Waals surface area contributed by atoms with Gasteiger partial charge in [-0.25, -0.2) is 14.4 Å². The minimum absolute atomic E-state index is 0.0647. The molecule has 4 aromatic rings. The molecule has 0 saturated heterocycles. The van der Waals surface area contributed by atoms with Gasteiger partial charge in [-0.05, 0) is 29.8 Å². The number of benzene rings is 1. The highest BCUT2D eigenvalue weighted by Crippen LogP contribution is 2.33. The maximum Gasteiger partial charge on any atom is 0.221 e. The molecule has 7 nitrogen and oxygen atoms in total. The van der Waals surface area contributed by atoms with Crippen LogP contribution in [0.2, 0.25) is 0 Å². The number of nitrogens with zero attached hydrogens (tertiary/aromatic N) is 3. The molecular formula is C17H13FN6O. The summed E-state index contributed by atoms with van der Waals surface area (Å²) in [6.45, 7) is 0. The van der Waals surface area contributed by atoms with Gasteiger partial charge in [0.05, 0.1) is 5.39 Å². The number of hydrogen-bond donors (Lipinski definition) is 3. The summed E-state index contributed by atoms with van der Waals surface area (Å²) in [5.41, 5.74) is 13.0. The van der Waals surface area contributed by atoms with Gasteiger partial charge in [-0.3, -0.25) is 0 Å². The Kier molecular flexibility index (Phi) is 3.42. The number of H-pyrrole nitrogens is 1. The van der Waals surface area contributed by atoms with Gasteiger partial charge in [0.15, 0.2) is 11.6 Å². The molecule has 1 aromatic carbocycles. The van der Waals surface area contributed by atoms with Crippen molar-refractivity contribution in [3.8, 4) is 22.6 Å². The van der Waals surface area contributed by atoms with E-state index in [4.69, 9.17) is 16.2 Å². The third kappa shape index (κ3) is 2.69. The minimum Gasteiger partial charge on any atom is -0.453 e. The van der Waals surface area contributed by atoms with Crippen molar-refractivity contribution in [1.29, 1.82) is 0 Å². The molecule has 8 heteroatoms. The lowest BCUT2D eigenvalue weighted by Gasteiger charge is -2.10. The smallest absolute Gasteiger partial charge is 0.221 e. The molecule has 25 heavy (non-hydrogen) atoms. The average molecular weight is 336 g/mol. The molecule has 0 aliphatic carbocycles. The van der Waals surface area contributed by atoms with Crippen molar-refractivity contribution in [2.24, 2.45) is 0 Å². The zero-order valence-electron chi connectivity index (χ0n) is 12.9. The molecular weight excluding hydrogens is 323 g/mol. The molecule has 3 heterocycles. The molecule has 0 aliphatic rings. The van der Waals surface area contributed by atoms with Crippen molar-refractivity contribution in [2.45, 2.75) is 0 Å². The molecule has 0 spiro atoms. The van der Waals surface area contributed by atoms with Crippen LogP contribution in [0.25, 0.3) is 22.2 Å². The number of halogens is 1. The number of anilines is 2. The second-order valence-electron chi connectivity index (χ2n) is 5.32. The van der Waals surface area contributed by atoms with E-state index >= 15 is 0 Å². The van der Waals surface area contributed by atoms with E-state index in [1.165, 1.54) is 18.3 Å². The van der Waals surface area contributed by atoms with E-state index in [0.29, 0.717) is 22.5 Å². The summed E-state index contributed by atoms with van der Waals surface area (Å²) >= 11 is 0. The normalized spacial score (nSPS) is 10.9. The van der Waals surface area contributed by atoms with Crippen molar-refractivity contribution in [2.75, 3.05) is 11.5 Å². The summed E-state index contributed by atoms with van der Waals surface area (Å²) in [5.74, 6) is 0.313. The maximum absolute atomic E-state index is 14.5. The monoisotopic (exact) mass is 336 g/mol. The fourth-order valence-corrected chi connectivity index (χ4v) is 2.53. The minimum atomic E-state index is -0.533. The van der Waals surface area contributed by atoms with Crippen LogP contribution in [-0.4, -0.2) is 19.9 Å². The SMILES string of the molecule is Nc1ncc(-c2ccc(Oc3ccnc4[nH]ccc34)c(F)c2)c(N)n1. The fraction of sp³-hybridized carbons (Fsp3) is 0. The molecule has 5 N–H and O–H groups in total. The Morgan fingerprint density at radius 2 is 1.92 bits per heavy atom. The average Bonchev–Trinajstić information content (AvgIpc) is 3.06. The quantitative estimate of drug-likeness (QED) is 0.529. The lowest BCUT2D eigenvalue weighted by Crippen LogP contribution is -2.01. The summed E-state index contributed by atoms with van der Waals surface area (Å²) in [7, 11) is 0. The summed E-state index contributed by atoms with van der Waals surface area (Å²) in [6.07, 6.45) is 4.79. The van der Waals surface area contributed by atoms with Crippen LogP contribution in [0.5, 0.6) is 11.5 Å². The van der Waals surface area contributed by atoms with Gasteiger partial charge in [0.2, 0.25) is 5.95 Å². The van der Waals surface area contributed by atoms with Gasteiger partial charge in [0.1, 0.15) is 17.2 Å². The Hall–Kier alpha value is -3.68. The van der Waals surface area contributed by atoms with Crippen molar-refractivity contribution >= 4 is 22.8 Å². The number of aromatic nitrogens is 4. The molecule has 124 valence electrons. The van der Waals surface area contributed by atoms with E-state index in [-0.39, 0.29) is 17.5 Å². The second-order valence-corrected chi connectivity index (χ2v) is 5.32. The van der Waals surface area contributed by atoms with Gasteiger partial charge in [0.25, 0.3) is 0 Å². The second kappa shape index (κ2) is 5.75. The van der Waals surface area contributed by atoms with Crippen LogP contribution in [-0.2, 0) is 0 Å². The molecule has 4 rings (SSSR count). The number of nitrogen functional groups attached to an aromatic ring is 2. The highest BCUT2D eigenvalue weighted by atomic mass is 19.1. The topological polar surface area (TPSA) is 116 Å². The third-order valence-corrected chi connectivity index (χ3v) is 3.72. The molecule has 0 unspecified atom stereocenters. The highest BCUT2D eigenvalue weighted by Gasteiger charge is 2.12. The Morgan fingerprint density at radius 1 is 1.04 bits per heavy atom. The standard InChI is InChI=1S/C17H13FN6O/c18-12-7-9(11-8-23-17(20)24-15(11)19)1-2-14(12)25-13-4-6-22-16-10(13)3-5-21-16/h1-8H,(H,21,22)(H4,19,20,23,24). The predicted octanol–water partition coefficient (Wildman–Crippen LogP) is 3.12. The fourth-order valence-electron chi connectivity index (χ4n) is 2.53. The first-order valence-electron chi connectivity index (χ1n) is 7.39. The van der Waals surface area contributed by atoms with Crippen LogP contribution in [0, 0.1) is 5.82 Å². The molecule has 0 aliphatic heterocycles. The van der Waals surface area contributed by atoms with Crippen molar-refractivity contribution in [3.05, 3.63) is 54.7 Å². The van der Waals surface area contributed by atoms with Crippen LogP contribution in [0.1, 0.15) is 0 Å². The lowest BCUT2D eigenvalue weighted by atomic mass is 10.1. The van der Waals surface area contributed by atoms with E-state index in [1.807, 2.05) is 6.07 Å². The number of fused-ring (bicyclic) bond motifs is 1. The number of nitrogens with two attached hydrogens (primary N) is 2. The van der Waals surface area contributed by atoms with E-state index in [0.717, 1.165) is 5.39 Å². The number of rotatable bonds is 3. The molecule has 3 aromatic heterocycles. The molecule has 0 radical (unpaired) electrons. The number of nitrogens with one attached hydrogen (secondary N) is 1. The van der Waals surface area contributed by atoms with Gasteiger partial charge >= 0.3 is 0 Å². The van der Waals surface area contributed by atoms with Crippen LogP contribution in [0.3, 0.4) is 0 Å². The van der Waals surface area contributed by atoms with E-state index in [9.17, 15) is 4.39 Å². The number of pyridine rings is 1. The van der Waals surface area contributed by atoms with Crippen LogP contribution < -0.4 is 16.2 Å². The Labute approximate surface area is 141 Å². The van der Waals surface area contributed by atoms with Crippen molar-refractivity contribution in [1.82, 2.24) is 19.9 Å². The van der Waals surface area contributed by atoms with E-state index in [2.05, 4.69) is 19.9 Å². The Balaban J connectivity index is 1.69. The van der Waals surface area contributed by atoms with Crippen molar-refractivity contribution < 1.29 is 9.13 Å². The molecule has 0 bridgehead atoms. The van der Waals surface area contributed by atoms with E-state index in [1.54, 1.807) is 24.5 Å². The highest BCUT2D eigenvalue weighted by molar-refractivity contribution is 5.82. The predicted molar refractivity (Wildman–Crippen MR) is 92.4 cm³/mol. The first-order valence-corrected chi connectivity index (χ1v) is 7.39. The molecule has 0 atom stereocenters. The number of ether oxygens (including phenoxy) is 1. The van der Waals surface area contributed by atoms with Gasteiger partial charge in [-0.1, -0.05) is 6.07 Å². The van der Waals surface area contributed by atoms with Crippen molar-refractivity contribution in [3.63, 3.8) is 0 Å². The van der Waals surface area contributed by atoms with Crippen LogP contribution in [0.4, 0.5) is 16.2 Å². The maximum atomic E-state index is 14.5. The summed E-state index contributed by atoms with van der Waals surface area (Å²) in [6, 6.07) is 8.01. The molecule has 0 amide bonds. The summed E-state index contributed by atoms with van der Waals surface area (Å²) < 4.78 is 20.2. The Morgan fingerprint density at radius 3 is 2.72 bits per heavy atom. The third-order valence-electron chi connectivity index (χ3n) is 3.72. The molecule has 0 fully saturated rings. The van der Waals surface area contributed by atoms with Gasteiger partial charge < -0.3 is 21.2 Å². The van der Waals surface area contributed by atoms with Gasteiger partial charge in [0, 0.05) is 24.2 Å². The Bertz CT molecular complexity index is 1080. The zero-order chi connectivity index (χ0) is 17.4. The van der Waals surface area contributed by atoms with E-state index < -0.39 is 5.82 Å². The zero-order valence-corrected chi connectivity index (χ0v) is 12.9. The first kappa shape index (κ1) is 14.9. The largest absolute Gasteiger partial charge is 0.453 e. The number of hydrogen-bond acceptors (Lipinski definition) is 6. The summed E-state index contributed by atoms with van der Waals surface area (Å²) in [4.78, 5) is 14.9. The first-order chi connectivity index (χ1) is 12.1.